The number of benzene rings is 1. The molecule has 0 aliphatic rings. The van der Waals surface area contributed by atoms with Crippen molar-refractivity contribution in [3.63, 3.8) is 0 Å². The number of anilines is 1. The SMILES string of the molecule is Nc1c(Cl)cc(C[As])cc1I. The first kappa shape index (κ1) is 9.68. The number of hydrogen-bond acceptors (Lipinski definition) is 1. The van der Waals surface area contributed by atoms with Gasteiger partial charge in [0.15, 0.2) is 0 Å². The first-order chi connectivity index (χ1) is 5.15. The third-order valence-electron chi connectivity index (χ3n) is 1.32. The van der Waals surface area contributed by atoms with Crippen molar-refractivity contribution in [3.8, 4) is 0 Å². The van der Waals surface area contributed by atoms with E-state index in [0.29, 0.717) is 10.7 Å². The summed E-state index contributed by atoms with van der Waals surface area (Å²) < 4.78 is 1.02. The van der Waals surface area contributed by atoms with E-state index in [2.05, 4.69) is 39.4 Å². The fourth-order valence-electron chi connectivity index (χ4n) is 0.728. The maximum absolute atomic E-state index is 5.86. The van der Waals surface area contributed by atoms with Gasteiger partial charge in [-0.05, 0) is 0 Å². The van der Waals surface area contributed by atoms with E-state index in [9.17, 15) is 0 Å². The van der Waals surface area contributed by atoms with E-state index in [-0.39, 0.29) is 0 Å². The molecule has 0 bridgehead atoms. The van der Waals surface area contributed by atoms with Gasteiger partial charge in [0.25, 0.3) is 0 Å². The number of rotatable bonds is 1. The van der Waals surface area contributed by atoms with Crippen molar-refractivity contribution in [2.75, 3.05) is 5.73 Å². The van der Waals surface area contributed by atoms with Crippen molar-refractivity contribution in [1.29, 1.82) is 0 Å². The molecule has 0 aliphatic carbocycles. The zero-order valence-electron chi connectivity index (χ0n) is 5.64. The zero-order valence-corrected chi connectivity index (χ0v) is 10.4. The summed E-state index contributed by atoms with van der Waals surface area (Å²) >= 11 is 10.6. The van der Waals surface area contributed by atoms with E-state index in [0.717, 1.165) is 8.78 Å². The van der Waals surface area contributed by atoms with Crippen molar-refractivity contribution in [2.24, 2.45) is 0 Å². The fourth-order valence-corrected chi connectivity index (χ4v) is 2.20. The summed E-state index contributed by atoms with van der Waals surface area (Å²) in [5, 5.41) is 1.58. The summed E-state index contributed by atoms with van der Waals surface area (Å²) in [6, 6.07) is 3.94. The second-order valence-electron chi connectivity index (χ2n) is 2.13. The van der Waals surface area contributed by atoms with Gasteiger partial charge in [0.1, 0.15) is 0 Å². The predicted octanol–water partition coefficient (Wildman–Crippen LogP) is 2.20. The molecule has 2 N–H and O–H groups in total. The predicted molar refractivity (Wildman–Crippen MR) is 58.0 cm³/mol. The Bertz CT molecular complexity index is 254. The van der Waals surface area contributed by atoms with E-state index in [1.54, 1.807) is 0 Å². The fraction of sp³-hybridized carbons (Fsp3) is 0.143. The summed E-state index contributed by atoms with van der Waals surface area (Å²) in [5.41, 5.74) is 7.54. The monoisotopic (exact) mass is 341 g/mol. The summed E-state index contributed by atoms with van der Waals surface area (Å²) in [6.07, 6.45) is 0. The second kappa shape index (κ2) is 4.01. The van der Waals surface area contributed by atoms with Crippen LogP contribution in [-0.2, 0) is 5.21 Å². The number of hydrogen-bond donors (Lipinski definition) is 1. The quantitative estimate of drug-likeness (QED) is 0.473. The van der Waals surface area contributed by atoms with Crippen LogP contribution < -0.4 is 5.73 Å². The van der Waals surface area contributed by atoms with E-state index in [4.69, 9.17) is 17.3 Å². The van der Waals surface area contributed by atoms with Crippen LogP contribution in [0.1, 0.15) is 5.56 Å². The Kier molecular flexibility index (Phi) is 3.53. The first-order valence-electron chi connectivity index (χ1n) is 2.99. The Morgan fingerprint density at radius 2 is 2.18 bits per heavy atom. The molecule has 4 heteroatoms. The van der Waals surface area contributed by atoms with Crippen LogP contribution in [0.5, 0.6) is 0 Å². The molecule has 11 heavy (non-hydrogen) atoms. The second-order valence-corrected chi connectivity index (χ2v) is 4.36. The number of nitrogens with two attached hydrogens (primary N) is 1. The summed E-state index contributed by atoms with van der Waals surface area (Å²) in [6.45, 7) is 0. The molecular formula is C7H6AsClIN. The van der Waals surface area contributed by atoms with E-state index in [1.807, 2.05) is 12.1 Å². The van der Waals surface area contributed by atoms with Gasteiger partial charge >= 0.3 is 94.0 Å². The third-order valence-corrected chi connectivity index (χ3v) is 3.29. The maximum atomic E-state index is 5.86. The van der Waals surface area contributed by atoms with Crippen LogP contribution in [0.4, 0.5) is 5.69 Å². The Morgan fingerprint density at radius 3 is 2.64 bits per heavy atom. The average Bonchev–Trinajstić information content (AvgIpc) is 1.99. The molecule has 0 aliphatic heterocycles. The molecule has 0 spiro atoms. The Labute approximate surface area is 93.3 Å². The molecule has 0 heterocycles. The number of halogens is 2. The van der Waals surface area contributed by atoms with Gasteiger partial charge in [0.2, 0.25) is 0 Å². The summed E-state index contributed by atoms with van der Waals surface area (Å²) in [4.78, 5) is 0. The topological polar surface area (TPSA) is 26.0 Å². The normalized spacial score (nSPS) is 10.1. The van der Waals surface area contributed by atoms with Crippen LogP contribution in [-0.4, -0.2) is 16.9 Å². The van der Waals surface area contributed by atoms with Gasteiger partial charge in [0.05, 0.1) is 0 Å². The molecule has 0 fully saturated rings. The molecule has 1 rings (SSSR count). The van der Waals surface area contributed by atoms with Crippen molar-refractivity contribution < 1.29 is 0 Å². The van der Waals surface area contributed by atoms with Crippen molar-refractivity contribution in [1.82, 2.24) is 0 Å². The number of nitrogen functional groups attached to an aromatic ring is 1. The van der Waals surface area contributed by atoms with Crippen molar-refractivity contribution in [3.05, 3.63) is 26.3 Å². The van der Waals surface area contributed by atoms with Gasteiger partial charge in [-0.15, -0.1) is 0 Å². The molecule has 0 aromatic heterocycles. The molecule has 2 radical (unpaired) electrons. The van der Waals surface area contributed by atoms with Gasteiger partial charge in [-0.1, -0.05) is 0 Å². The molecule has 1 aromatic rings. The van der Waals surface area contributed by atoms with E-state index < -0.39 is 0 Å². The molecule has 0 atom stereocenters. The Morgan fingerprint density at radius 1 is 1.55 bits per heavy atom. The Hall–Kier alpha value is 0.598. The van der Waals surface area contributed by atoms with Gasteiger partial charge in [-0.2, -0.15) is 0 Å². The van der Waals surface area contributed by atoms with Gasteiger partial charge in [-0.25, -0.2) is 0 Å². The van der Waals surface area contributed by atoms with Crippen LogP contribution in [0, 0.1) is 3.57 Å². The van der Waals surface area contributed by atoms with Gasteiger partial charge < -0.3 is 0 Å². The van der Waals surface area contributed by atoms with E-state index >= 15 is 0 Å². The molecule has 58 valence electrons. The molecular weight excluding hydrogens is 335 g/mol. The third kappa shape index (κ3) is 2.27. The standard InChI is InChI=1S/C7H6AsClIN/c8-3-4-1-5(9)7(11)6(10)2-4/h1-2H,3,11H2. The molecule has 0 unspecified atom stereocenters. The van der Waals surface area contributed by atoms with Gasteiger partial charge in [-0.3, -0.25) is 0 Å². The van der Waals surface area contributed by atoms with Crippen LogP contribution >= 0.6 is 34.2 Å². The van der Waals surface area contributed by atoms with E-state index in [1.165, 1.54) is 5.56 Å². The minimum absolute atomic E-state index is 0.651. The molecule has 1 aromatic carbocycles. The average molecular weight is 341 g/mol. The molecule has 0 saturated carbocycles. The van der Waals surface area contributed by atoms with Crippen LogP contribution in [0.25, 0.3) is 0 Å². The summed E-state index contributed by atoms with van der Waals surface area (Å²) in [5.74, 6) is 0. The van der Waals surface area contributed by atoms with Crippen LogP contribution in [0.15, 0.2) is 12.1 Å². The van der Waals surface area contributed by atoms with Crippen molar-refractivity contribution in [2.45, 2.75) is 5.21 Å². The molecule has 0 amide bonds. The van der Waals surface area contributed by atoms with Crippen LogP contribution in [0.2, 0.25) is 5.02 Å². The first-order valence-corrected chi connectivity index (χ1v) is 5.77. The minimum atomic E-state index is 0.651. The Balaban J connectivity index is 3.21. The zero-order chi connectivity index (χ0) is 8.43. The molecule has 1 nitrogen and oxygen atoms in total. The van der Waals surface area contributed by atoms with Gasteiger partial charge in [0, 0.05) is 0 Å². The summed E-state index contributed by atoms with van der Waals surface area (Å²) in [7, 11) is 0. The van der Waals surface area contributed by atoms with Crippen molar-refractivity contribution >= 4 is 56.7 Å². The van der Waals surface area contributed by atoms with Crippen LogP contribution in [0.3, 0.4) is 0 Å². The molecule has 0 saturated heterocycles.